The maximum Gasteiger partial charge on any atom is 0.101 e. The second kappa shape index (κ2) is 3.37. The van der Waals surface area contributed by atoms with Crippen LogP contribution in [0.25, 0.3) is 0 Å². The third-order valence-electron chi connectivity index (χ3n) is 3.58. The van der Waals surface area contributed by atoms with E-state index < -0.39 is 6.17 Å². The molecule has 0 amide bonds. The van der Waals surface area contributed by atoms with E-state index >= 15 is 0 Å². The van der Waals surface area contributed by atoms with E-state index in [0.29, 0.717) is 19.4 Å². The van der Waals surface area contributed by atoms with Crippen molar-refractivity contribution in [3.8, 4) is 0 Å². The molecular weight excluding hydrogens is 193 g/mol. The Morgan fingerprint density at radius 3 is 2.23 bits per heavy atom. The van der Waals surface area contributed by atoms with Crippen LogP contribution >= 0.6 is 12.4 Å². The van der Waals surface area contributed by atoms with E-state index in [1.807, 2.05) is 0 Å². The van der Waals surface area contributed by atoms with Crippen LogP contribution in [0.2, 0.25) is 0 Å². The number of alkyl halides is 1. The van der Waals surface area contributed by atoms with Crippen LogP contribution in [0.4, 0.5) is 4.39 Å². The summed E-state index contributed by atoms with van der Waals surface area (Å²) in [7, 11) is 0. The van der Waals surface area contributed by atoms with Crippen LogP contribution in [-0.2, 0) is 0 Å². The fourth-order valence-electron chi connectivity index (χ4n) is 3.03. The molecule has 2 aliphatic rings. The maximum absolute atomic E-state index is 12.6. The molecule has 0 saturated heterocycles. The molecule has 0 aliphatic heterocycles. The summed E-state index contributed by atoms with van der Waals surface area (Å²) in [4.78, 5) is 0. The molecule has 3 N–H and O–H groups in total. The van der Waals surface area contributed by atoms with E-state index in [-0.39, 0.29) is 29.8 Å². The first-order chi connectivity index (χ1) is 5.64. The summed E-state index contributed by atoms with van der Waals surface area (Å²) in [6.07, 6.45) is 2.70. The molecule has 1 spiro atoms. The summed E-state index contributed by atoms with van der Waals surface area (Å²) >= 11 is 0. The van der Waals surface area contributed by atoms with E-state index in [9.17, 15) is 4.39 Å². The zero-order valence-corrected chi connectivity index (χ0v) is 8.45. The van der Waals surface area contributed by atoms with E-state index in [1.165, 1.54) is 0 Å². The van der Waals surface area contributed by atoms with Crippen molar-refractivity contribution in [3.05, 3.63) is 0 Å². The summed E-state index contributed by atoms with van der Waals surface area (Å²) < 4.78 is 12.6. The first-order valence-corrected chi connectivity index (χ1v) is 4.59. The van der Waals surface area contributed by atoms with Gasteiger partial charge in [-0.25, -0.2) is 4.39 Å². The maximum atomic E-state index is 12.6. The highest BCUT2D eigenvalue weighted by Gasteiger charge is 2.59. The Morgan fingerprint density at radius 2 is 1.92 bits per heavy atom. The standard InChI is InChI=1S/C9H16FNO.ClH/c10-7-1-8(2-7)3-9(4-8,5-11)6-12;/h7,12H,1-6,11H2;1H. The lowest BCUT2D eigenvalue weighted by molar-refractivity contribution is -0.145. The molecule has 0 radical (unpaired) electrons. The first kappa shape index (κ1) is 11.2. The van der Waals surface area contributed by atoms with Crippen molar-refractivity contribution >= 4 is 12.4 Å². The summed E-state index contributed by atoms with van der Waals surface area (Å²) in [5.74, 6) is 0. The SMILES string of the molecule is Cl.NCC1(CO)CC2(CC(F)C2)C1. The van der Waals surface area contributed by atoms with Gasteiger partial charge in [0.1, 0.15) is 6.17 Å². The number of nitrogens with two attached hydrogens (primary N) is 1. The summed E-state index contributed by atoms with van der Waals surface area (Å²) in [6, 6.07) is 0. The van der Waals surface area contributed by atoms with E-state index in [0.717, 1.165) is 12.8 Å². The van der Waals surface area contributed by atoms with Crippen molar-refractivity contribution in [2.45, 2.75) is 31.9 Å². The Morgan fingerprint density at radius 1 is 1.38 bits per heavy atom. The van der Waals surface area contributed by atoms with E-state index in [1.54, 1.807) is 0 Å². The average molecular weight is 210 g/mol. The van der Waals surface area contributed by atoms with Gasteiger partial charge in [0.25, 0.3) is 0 Å². The largest absolute Gasteiger partial charge is 0.396 e. The minimum Gasteiger partial charge on any atom is -0.396 e. The normalized spacial score (nSPS) is 47.8. The second-order valence-electron chi connectivity index (χ2n) is 4.72. The van der Waals surface area contributed by atoms with Crippen LogP contribution in [0.5, 0.6) is 0 Å². The topological polar surface area (TPSA) is 46.2 Å². The predicted octanol–water partition coefficient (Wildman–Crippen LogP) is 1.26. The lowest BCUT2D eigenvalue weighted by Gasteiger charge is -2.61. The fourth-order valence-corrected chi connectivity index (χ4v) is 3.03. The molecule has 0 heterocycles. The molecule has 0 unspecified atom stereocenters. The predicted molar refractivity (Wildman–Crippen MR) is 51.6 cm³/mol. The summed E-state index contributed by atoms with van der Waals surface area (Å²) in [6.45, 7) is 0.713. The number of rotatable bonds is 2. The van der Waals surface area contributed by atoms with Gasteiger partial charge >= 0.3 is 0 Å². The number of hydrogen-bond donors (Lipinski definition) is 2. The molecule has 2 aliphatic carbocycles. The van der Waals surface area contributed by atoms with Gasteiger partial charge in [0.05, 0.1) is 0 Å². The zero-order valence-electron chi connectivity index (χ0n) is 7.63. The summed E-state index contributed by atoms with van der Waals surface area (Å²) in [5.41, 5.74) is 5.74. The van der Waals surface area contributed by atoms with Gasteiger partial charge in [-0.1, -0.05) is 0 Å². The van der Waals surface area contributed by atoms with Gasteiger partial charge in [-0.2, -0.15) is 0 Å². The van der Waals surface area contributed by atoms with Crippen molar-refractivity contribution < 1.29 is 9.50 Å². The molecule has 2 saturated carbocycles. The van der Waals surface area contributed by atoms with Crippen molar-refractivity contribution in [1.82, 2.24) is 0 Å². The average Bonchev–Trinajstić information content (AvgIpc) is 1.94. The molecule has 13 heavy (non-hydrogen) atoms. The van der Waals surface area contributed by atoms with Gasteiger partial charge < -0.3 is 10.8 Å². The van der Waals surface area contributed by atoms with E-state index in [2.05, 4.69) is 0 Å². The van der Waals surface area contributed by atoms with Gasteiger partial charge in [-0.3, -0.25) is 0 Å². The van der Waals surface area contributed by atoms with Crippen LogP contribution in [0, 0.1) is 10.8 Å². The molecule has 0 atom stereocenters. The lowest BCUT2D eigenvalue weighted by atomic mass is 9.45. The molecule has 0 aromatic carbocycles. The quantitative estimate of drug-likeness (QED) is 0.720. The van der Waals surface area contributed by atoms with Gasteiger partial charge in [0, 0.05) is 18.6 Å². The summed E-state index contributed by atoms with van der Waals surface area (Å²) in [5, 5.41) is 9.08. The van der Waals surface area contributed by atoms with Gasteiger partial charge in [-0.05, 0) is 31.1 Å². The molecular formula is C9H17ClFNO. The number of aliphatic hydroxyl groups excluding tert-OH is 1. The van der Waals surface area contributed by atoms with E-state index in [4.69, 9.17) is 10.8 Å². The Kier molecular flexibility index (Phi) is 2.91. The molecule has 2 nitrogen and oxygen atoms in total. The fraction of sp³-hybridized carbons (Fsp3) is 1.00. The third kappa shape index (κ3) is 1.58. The monoisotopic (exact) mass is 209 g/mol. The van der Waals surface area contributed by atoms with Crippen molar-refractivity contribution in [2.75, 3.05) is 13.2 Å². The van der Waals surface area contributed by atoms with Gasteiger partial charge in [0.2, 0.25) is 0 Å². The van der Waals surface area contributed by atoms with Crippen LogP contribution in [0.1, 0.15) is 25.7 Å². The molecule has 2 fully saturated rings. The second-order valence-corrected chi connectivity index (χ2v) is 4.72. The number of hydrogen-bond acceptors (Lipinski definition) is 2. The smallest absolute Gasteiger partial charge is 0.101 e. The Labute approximate surface area is 84.1 Å². The molecule has 78 valence electrons. The Bertz CT molecular complexity index is 180. The van der Waals surface area contributed by atoms with Gasteiger partial charge in [-0.15, -0.1) is 12.4 Å². The molecule has 0 aromatic heterocycles. The van der Waals surface area contributed by atoms with Crippen LogP contribution in [-0.4, -0.2) is 24.4 Å². The minimum absolute atomic E-state index is 0. The van der Waals surface area contributed by atoms with Crippen LogP contribution in [0.15, 0.2) is 0 Å². The molecule has 4 heteroatoms. The Hall–Kier alpha value is 0.140. The van der Waals surface area contributed by atoms with Crippen molar-refractivity contribution in [3.63, 3.8) is 0 Å². The molecule has 2 rings (SSSR count). The lowest BCUT2D eigenvalue weighted by Crippen LogP contribution is -2.58. The molecule has 0 bridgehead atoms. The van der Waals surface area contributed by atoms with Crippen LogP contribution < -0.4 is 5.73 Å². The minimum atomic E-state index is -0.584. The first-order valence-electron chi connectivity index (χ1n) is 4.59. The molecule has 0 aromatic rings. The van der Waals surface area contributed by atoms with Crippen molar-refractivity contribution in [1.29, 1.82) is 0 Å². The van der Waals surface area contributed by atoms with Crippen LogP contribution in [0.3, 0.4) is 0 Å². The van der Waals surface area contributed by atoms with Gasteiger partial charge in [0.15, 0.2) is 0 Å². The highest BCUT2D eigenvalue weighted by molar-refractivity contribution is 5.85. The number of halogens is 2. The zero-order chi connectivity index (χ0) is 8.82. The number of aliphatic hydroxyl groups is 1. The van der Waals surface area contributed by atoms with Crippen molar-refractivity contribution in [2.24, 2.45) is 16.6 Å². The third-order valence-corrected chi connectivity index (χ3v) is 3.58. The highest BCUT2D eigenvalue weighted by atomic mass is 35.5. The highest BCUT2D eigenvalue weighted by Crippen LogP contribution is 2.64. The Balaban J connectivity index is 0.000000845.